The molecule has 0 nitrogen and oxygen atoms in total. The van der Waals surface area contributed by atoms with Gasteiger partial charge in [0.1, 0.15) is 0 Å². The Bertz CT molecular complexity index is 925. The van der Waals surface area contributed by atoms with E-state index in [2.05, 4.69) is 78.3 Å². The van der Waals surface area contributed by atoms with E-state index in [1.54, 1.807) is 0 Å². The van der Waals surface area contributed by atoms with E-state index < -0.39 is 0 Å². The molecule has 0 aromatic heterocycles. The molecule has 0 saturated heterocycles. The Kier molecular flexibility index (Phi) is 3.40. The molecule has 0 unspecified atom stereocenters. The first kappa shape index (κ1) is 15.0. The first-order chi connectivity index (χ1) is 11.0. The predicted octanol–water partition coefficient (Wildman–Crippen LogP) is 7.08. The summed E-state index contributed by atoms with van der Waals surface area (Å²) in [6.07, 6.45) is 0. The summed E-state index contributed by atoms with van der Waals surface area (Å²) in [7, 11) is 0. The lowest BCUT2D eigenvalue weighted by Gasteiger charge is -2.21. The molecule has 0 fully saturated rings. The fourth-order valence-corrected chi connectivity index (χ4v) is 4.58. The van der Waals surface area contributed by atoms with Gasteiger partial charge in [0.25, 0.3) is 0 Å². The van der Waals surface area contributed by atoms with E-state index in [0.717, 1.165) is 9.50 Å². The van der Waals surface area contributed by atoms with Crippen molar-refractivity contribution in [2.45, 2.75) is 19.3 Å². The van der Waals surface area contributed by atoms with E-state index in [1.807, 2.05) is 12.1 Å². The minimum Gasteiger partial charge on any atom is -0.0843 e. The van der Waals surface area contributed by atoms with Gasteiger partial charge in [0.15, 0.2) is 0 Å². The van der Waals surface area contributed by atoms with Crippen LogP contribution < -0.4 is 0 Å². The molecule has 23 heavy (non-hydrogen) atoms. The van der Waals surface area contributed by atoms with Crippen molar-refractivity contribution in [1.29, 1.82) is 0 Å². The van der Waals surface area contributed by atoms with Crippen LogP contribution in [0.15, 0.2) is 65.1 Å². The zero-order valence-electron chi connectivity index (χ0n) is 13.0. The van der Waals surface area contributed by atoms with Crippen molar-refractivity contribution in [3.05, 3.63) is 81.3 Å². The molecule has 0 spiro atoms. The molecule has 0 saturated carbocycles. The van der Waals surface area contributed by atoms with E-state index in [4.69, 9.17) is 11.6 Å². The molecule has 3 aromatic rings. The van der Waals surface area contributed by atoms with Gasteiger partial charge in [-0.1, -0.05) is 89.9 Å². The molecule has 114 valence electrons. The van der Waals surface area contributed by atoms with Crippen molar-refractivity contribution in [2.24, 2.45) is 0 Å². The molecule has 3 aromatic carbocycles. The lowest BCUT2D eigenvalue weighted by molar-refractivity contribution is 0.660. The zero-order valence-corrected chi connectivity index (χ0v) is 15.4. The molecule has 0 atom stereocenters. The maximum absolute atomic E-state index is 6.12. The molecule has 0 aliphatic heterocycles. The highest BCUT2D eigenvalue weighted by molar-refractivity contribution is 9.10. The number of benzene rings is 3. The monoisotopic (exact) mass is 382 g/mol. The quantitative estimate of drug-likeness (QED) is 0.421. The minimum absolute atomic E-state index is 0.0286. The summed E-state index contributed by atoms with van der Waals surface area (Å²) in [5, 5.41) is 0.744. The molecule has 4 rings (SSSR count). The van der Waals surface area contributed by atoms with E-state index >= 15 is 0 Å². The maximum Gasteiger partial charge on any atom is 0.0417 e. The average Bonchev–Trinajstić information content (AvgIpc) is 2.77. The summed E-state index contributed by atoms with van der Waals surface area (Å²) in [5.74, 6) is 0. The summed E-state index contributed by atoms with van der Waals surface area (Å²) in [6, 6.07) is 21.3. The second-order valence-corrected chi connectivity index (χ2v) is 7.81. The van der Waals surface area contributed by atoms with Gasteiger partial charge in [-0.2, -0.15) is 0 Å². The summed E-state index contributed by atoms with van der Waals surface area (Å²) in [4.78, 5) is 0. The van der Waals surface area contributed by atoms with Gasteiger partial charge >= 0.3 is 0 Å². The highest BCUT2D eigenvalue weighted by atomic mass is 79.9. The van der Waals surface area contributed by atoms with Crippen LogP contribution in [0.2, 0.25) is 5.02 Å². The fraction of sp³-hybridized carbons (Fsp3) is 0.143. The van der Waals surface area contributed by atoms with E-state index in [9.17, 15) is 0 Å². The second-order valence-electron chi connectivity index (χ2n) is 6.52. The molecule has 0 bridgehead atoms. The highest BCUT2D eigenvalue weighted by Gasteiger charge is 2.36. The average molecular weight is 384 g/mol. The fourth-order valence-electron chi connectivity index (χ4n) is 3.69. The summed E-state index contributed by atoms with van der Waals surface area (Å²) in [5.41, 5.74) is 7.93. The van der Waals surface area contributed by atoms with E-state index in [0.29, 0.717) is 0 Å². The molecule has 1 aliphatic rings. The smallest absolute Gasteiger partial charge is 0.0417 e. The maximum atomic E-state index is 6.12. The molecule has 0 N–H and O–H groups in total. The summed E-state index contributed by atoms with van der Waals surface area (Å²) >= 11 is 9.79. The topological polar surface area (TPSA) is 0 Å². The van der Waals surface area contributed by atoms with Crippen LogP contribution >= 0.6 is 27.5 Å². The van der Waals surface area contributed by atoms with Gasteiger partial charge in [0.05, 0.1) is 0 Å². The lowest BCUT2D eigenvalue weighted by atomic mass is 9.82. The van der Waals surface area contributed by atoms with E-state index in [1.165, 1.54) is 33.4 Å². The van der Waals surface area contributed by atoms with Gasteiger partial charge in [-0.15, -0.1) is 0 Å². The third-order valence-corrected chi connectivity index (χ3v) is 5.72. The normalized spacial score (nSPS) is 14.4. The number of fused-ring (bicyclic) bond motifs is 3. The Balaban J connectivity index is 2.07. The molecular weight excluding hydrogens is 368 g/mol. The van der Waals surface area contributed by atoms with Crippen molar-refractivity contribution in [3.8, 4) is 22.3 Å². The third kappa shape index (κ3) is 2.18. The van der Waals surface area contributed by atoms with Crippen LogP contribution in [0.4, 0.5) is 0 Å². The van der Waals surface area contributed by atoms with Gasteiger partial charge < -0.3 is 0 Å². The SMILES string of the molecule is CC1(C)c2ccccc2-c2c(-c3ccc(Cl)cc3Br)cccc21. The molecule has 1 aliphatic carbocycles. The van der Waals surface area contributed by atoms with Gasteiger partial charge in [-0.05, 0) is 45.5 Å². The molecule has 0 radical (unpaired) electrons. The zero-order chi connectivity index (χ0) is 16.2. The van der Waals surface area contributed by atoms with Crippen LogP contribution in [0.1, 0.15) is 25.0 Å². The number of rotatable bonds is 1. The second kappa shape index (κ2) is 5.22. The van der Waals surface area contributed by atoms with Gasteiger partial charge in [0.2, 0.25) is 0 Å². The minimum atomic E-state index is 0.0286. The van der Waals surface area contributed by atoms with Gasteiger partial charge in [0, 0.05) is 14.9 Å². The number of hydrogen-bond donors (Lipinski definition) is 0. The van der Waals surface area contributed by atoms with Gasteiger partial charge in [-0.3, -0.25) is 0 Å². The van der Waals surface area contributed by atoms with Crippen LogP contribution in [-0.4, -0.2) is 0 Å². The Hall–Kier alpha value is -1.57. The van der Waals surface area contributed by atoms with Gasteiger partial charge in [-0.25, -0.2) is 0 Å². The molecule has 0 heterocycles. The predicted molar refractivity (Wildman–Crippen MR) is 102 cm³/mol. The standard InChI is InChI=1S/C21H16BrCl/c1-21(2)17-8-4-3-6-16(17)20-15(7-5-9-18(20)21)14-11-10-13(23)12-19(14)22/h3-12H,1-2H3. The molecular formula is C21H16BrCl. The molecule has 2 heteroatoms. The third-order valence-electron chi connectivity index (χ3n) is 4.83. The lowest BCUT2D eigenvalue weighted by Crippen LogP contribution is -2.14. The van der Waals surface area contributed by atoms with Crippen LogP contribution in [0.5, 0.6) is 0 Å². The van der Waals surface area contributed by atoms with Crippen LogP contribution in [0, 0.1) is 0 Å². The highest BCUT2D eigenvalue weighted by Crippen LogP contribution is 2.52. The summed E-state index contributed by atoms with van der Waals surface area (Å²) in [6.45, 7) is 4.61. The van der Waals surface area contributed by atoms with Crippen LogP contribution in [0.25, 0.3) is 22.3 Å². The van der Waals surface area contributed by atoms with Crippen molar-refractivity contribution < 1.29 is 0 Å². The van der Waals surface area contributed by atoms with E-state index in [-0.39, 0.29) is 5.41 Å². The van der Waals surface area contributed by atoms with Crippen molar-refractivity contribution in [2.75, 3.05) is 0 Å². The van der Waals surface area contributed by atoms with Crippen molar-refractivity contribution in [3.63, 3.8) is 0 Å². The Morgan fingerprint density at radius 3 is 2.26 bits per heavy atom. The molecule has 0 amide bonds. The number of hydrogen-bond acceptors (Lipinski definition) is 0. The largest absolute Gasteiger partial charge is 0.0843 e. The Labute approximate surface area is 150 Å². The van der Waals surface area contributed by atoms with Crippen LogP contribution in [0.3, 0.4) is 0 Å². The first-order valence-corrected chi connectivity index (χ1v) is 8.86. The summed E-state index contributed by atoms with van der Waals surface area (Å²) < 4.78 is 1.03. The van der Waals surface area contributed by atoms with Crippen molar-refractivity contribution in [1.82, 2.24) is 0 Å². The Morgan fingerprint density at radius 2 is 1.48 bits per heavy atom. The van der Waals surface area contributed by atoms with Crippen molar-refractivity contribution >= 4 is 27.5 Å². The van der Waals surface area contributed by atoms with Crippen LogP contribution in [-0.2, 0) is 5.41 Å². The number of halogens is 2. The Morgan fingerprint density at radius 1 is 0.783 bits per heavy atom. The first-order valence-electron chi connectivity index (χ1n) is 7.69.